The first-order chi connectivity index (χ1) is 12.9. The van der Waals surface area contributed by atoms with Gasteiger partial charge in [0.25, 0.3) is 0 Å². The minimum Gasteiger partial charge on any atom is -0.342 e. The van der Waals surface area contributed by atoms with Gasteiger partial charge in [-0.05, 0) is 26.7 Å². The van der Waals surface area contributed by atoms with Crippen molar-refractivity contribution in [3.8, 4) is 0 Å². The van der Waals surface area contributed by atoms with E-state index >= 15 is 0 Å². The van der Waals surface area contributed by atoms with Gasteiger partial charge in [-0.2, -0.15) is 5.10 Å². The first kappa shape index (κ1) is 18.5. The third-order valence-electron chi connectivity index (χ3n) is 6.84. The van der Waals surface area contributed by atoms with E-state index in [2.05, 4.69) is 23.8 Å². The number of hydrogen-bond donors (Lipinski definition) is 0. The molecule has 0 radical (unpaired) electrons. The molecule has 0 saturated carbocycles. The Labute approximate surface area is 161 Å². The number of aryl methyl sites for hydroxylation is 1. The summed E-state index contributed by atoms with van der Waals surface area (Å²) in [6.45, 7) is 12.2. The van der Waals surface area contributed by atoms with Crippen LogP contribution in [0.15, 0.2) is 6.20 Å². The van der Waals surface area contributed by atoms with Crippen molar-refractivity contribution in [2.24, 2.45) is 11.3 Å². The minimum atomic E-state index is -0.426. The van der Waals surface area contributed by atoms with E-state index in [0.717, 1.165) is 52.1 Å². The summed E-state index contributed by atoms with van der Waals surface area (Å²) in [5.74, 6) is 0.595. The first-order valence-electron chi connectivity index (χ1n) is 10.2. The first-order valence-corrected chi connectivity index (χ1v) is 10.2. The van der Waals surface area contributed by atoms with Crippen LogP contribution in [-0.2, 0) is 22.7 Å². The number of rotatable bonds is 4. The van der Waals surface area contributed by atoms with Crippen LogP contribution < -0.4 is 0 Å². The number of hydrogen-bond acceptors (Lipinski definition) is 4. The van der Waals surface area contributed by atoms with Crippen molar-refractivity contribution in [2.45, 2.75) is 46.7 Å². The average molecular weight is 374 g/mol. The predicted octanol–water partition coefficient (Wildman–Crippen LogP) is 1.11. The van der Waals surface area contributed by atoms with Crippen molar-refractivity contribution < 1.29 is 9.59 Å². The number of carbonyl (C=O) groups is 2. The maximum atomic E-state index is 13.5. The van der Waals surface area contributed by atoms with Crippen molar-refractivity contribution in [1.29, 1.82) is 0 Å². The van der Waals surface area contributed by atoms with E-state index in [9.17, 15) is 9.59 Å². The number of nitrogens with zero attached hydrogens (tertiary/aromatic N) is 5. The van der Waals surface area contributed by atoms with Gasteiger partial charge < -0.3 is 9.80 Å². The molecule has 1 aromatic rings. The molecule has 0 N–H and O–H groups in total. The van der Waals surface area contributed by atoms with Crippen molar-refractivity contribution in [3.05, 3.63) is 17.5 Å². The predicted molar refractivity (Wildman–Crippen MR) is 102 cm³/mol. The minimum absolute atomic E-state index is 0.0876. The Morgan fingerprint density at radius 3 is 2.56 bits per heavy atom. The maximum absolute atomic E-state index is 13.5. The van der Waals surface area contributed by atoms with Crippen molar-refractivity contribution in [2.75, 3.05) is 39.3 Å². The molecule has 1 aromatic heterocycles. The summed E-state index contributed by atoms with van der Waals surface area (Å²) in [4.78, 5) is 31.8. The highest BCUT2D eigenvalue weighted by Crippen LogP contribution is 2.45. The number of likely N-dealkylation sites (tertiary alicyclic amines) is 3. The zero-order valence-corrected chi connectivity index (χ0v) is 16.8. The lowest BCUT2D eigenvalue weighted by molar-refractivity contribution is -0.141. The largest absolute Gasteiger partial charge is 0.342 e. The average Bonchev–Trinajstić information content (AvgIpc) is 3.38. The maximum Gasteiger partial charge on any atom is 0.232 e. The zero-order valence-electron chi connectivity index (χ0n) is 16.8. The molecule has 0 spiro atoms. The lowest BCUT2D eigenvalue weighted by Gasteiger charge is -2.32. The Hall–Kier alpha value is -1.89. The van der Waals surface area contributed by atoms with Crippen LogP contribution in [0.2, 0.25) is 0 Å². The lowest BCUT2D eigenvalue weighted by Crippen LogP contribution is -2.49. The number of carbonyl (C=O) groups excluding carboxylic acids is 2. The Morgan fingerprint density at radius 2 is 1.93 bits per heavy atom. The van der Waals surface area contributed by atoms with Gasteiger partial charge in [0.15, 0.2) is 0 Å². The van der Waals surface area contributed by atoms with Gasteiger partial charge in [0.2, 0.25) is 11.8 Å². The quantitative estimate of drug-likeness (QED) is 0.793. The second-order valence-electron chi connectivity index (χ2n) is 8.49. The van der Waals surface area contributed by atoms with Gasteiger partial charge in [0, 0.05) is 76.5 Å². The highest BCUT2D eigenvalue weighted by Gasteiger charge is 2.58. The standard InChI is InChI=1S/C20H31N5O2/c1-4-25-15(2)17(9-21-25)10-22-11-18-12-24(16(3)26)14-20(18,13-22)19(27)23-7-5-6-8-23/h9,18H,4-8,10-14H2,1-3H3/t18-,20-/m1/s1. The van der Waals surface area contributed by atoms with E-state index < -0.39 is 5.41 Å². The van der Waals surface area contributed by atoms with Gasteiger partial charge >= 0.3 is 0 Å². The molecule has 4 rings (SSSR count). The van der Waals surface area contributed by atoms with Gasteiger partial charge in [-0.3, -0.25) is 19.2 Å². The second kappa shape index (κ2) is 6.93. The van der Waals surface area contributed by atoms with Gasteiger partial charge in [-0.25, -0.2) is 0 Å². The molecule has 3 aliphatic heterocycles. The van der Waals surface area contributed by atoms with E-state index in [-0.39, 0.29) is 17.7 Å². The Kier molecular flexibility index (Phi) is 4.74. The fourth-order valence-electron chi connectivity index (χ4n) is 5.27. The molecule has 0 bridgehead atoms. The molecule has 148 valence electrons. The molecule has 3 saturated heterocycles. The summed E-state index contributed by atoms with van der Waals surface area (Å²) < 4.78 is 2.02. The van der Waals surface area contributed by atoms with Crippen LogP contribution in [0, 0.1) is 18.3 Å². The molecule has 4 heterocycles. The number of aromatic nitrogens is 2. The van der Waals surface area contributed by atoms with Crippen LogP contribution in [0.25, 0.3) is 0 Å². The molecular formula is C20H31N5O2. The summed E-state index contributed by atoms with van der Waals surface area (Å²) in [6.07, 6.45) is 4.16. The normalized spacial score (nSPS) is 28.2. The van der Waals surface area contributed by atoms with Gasteiger partial charge in [0.05, 0.1) is 11.6 Å². The fraction of sp³-hybridized carbons (Fsp3) is 0.750. The number of fused-ring (bicyclic) bond motifs is 1. The lowest BCUT2D eigenvalue weighted by atomic mass is 9.79. The van der Waals surface area contributed by atoms with Crippen molar-refractivity contribution in [3.63, 3.8) is 0 Å². The molecule has 0 unspecified atom stereocenters. The van der Waals surface area contributed by atoms with E-state index in [0.29, 0.717) is 13.1 Å². The topological polar surface area (TPSA) is 61.7 Å². The Bertz CT molecular complexity index is 739. The SMILES string of the molecule is CCn1ncc(CN2C[C@@H]3CN(C(C)=O)C[C@]3(C(=O)N3CCCC3)C2)c1C. The third-order valence-corrected chi connectivity index (χ3v) is 6.84. The summed E-state index contributed by atoms with van der Waals surface area (Å²) in [7, 11) is 0. The Morgan fingerprint density at radius 1 is 1.19 bits per heavy atom. The van der Waals surface area contributed by atoms with E-state index in [1.54, 1.807) is 6.92 Å². The molecule has 3 fully saturated rings. The van der Waals surface area contributed by atoms with Crippen LogP contribution in [0.4, 0.5) is 0 Å². The van der Waals surface area contributed by atoms with Crippen LogP contribution in [0.1, 0.15) is 37.9 Å². The highest BCUT2D eigenvalue weighted by atomic mass is 16.2. The second-order valence-corrected chi connectivity index (χ2v) is 8.49. The molecular weight excluding hydrogens is 342 g/mol. The van der Waals surface area contributed by atoms with Gasteiger partial charge in [-0.1, -0.05) is 0 Å². The smallest absolute Gasteiger partial charge is 0.232 e. The molecule has 3 aliphatic rings. The monoisotopic (exact) mass is 373 g/mol. The molecule has 7 nitrogen and oxygen atoms in total. The summed E-state index contributed by atoms with van der Waals surface area (Å²) in [6, 6.07) is 0. The molecule has 0 aliphatic carbocycles. The third kappa shape index (κ3) is 3.06. The van der Waals surface area contributed by atoms with Gasteiger partial charge in [0.1, 0.15) is 0 Å². The van der Waals surface area contributed by atoms with Crippen molar-refractivity contribution >= 4 is 11.8 Å². The summed E-state index contributed by atoms with van der Waals surface area (Å²) in [5, 5.41) is 4.46. The van der Waals surface area contributed by atoms with E-state index in [4.69, 9.17) is 0 Å². The van der Waals surface area contributed by atoms with Gasteiger partial charge in [-0.15, -0.1) is 0 Å². The fourth-order valence-corrected chi connectivity index (χ4v) is 5.27. The zero-order chi connectivity index (χ0) is 19.2. The Balaban J connectivity index is 1.55. The summed E-state index contributed by atoms with van der Waals surface area (Å²) in [5.41, 5.74) is 2.02. The van der Waals surface area contributed by atoms with Crippen LogP contribution in [-0.4, -0.2) is 75.6 Å². The van der Waals surface area contributed by atoms with Crippen molar-refractivity contribution in [1.82, 2.24) is 24.5 Å². The molecule has 2 atom stereocenters. The molecule has 0 aromatic carbocycles. The van der Waals surface area contributed by atoms with E-state index in [1.807, 2.05) is 20.7 Å². The van der Waals surface area contributed by atoms with Crippen LogP contribution in [0.5, 0.6) is 0 Å². The summed E-state index contributed by atoms with van der Waals surface area (Å²) >= 11 is 0. The van der Waals surface area contributed by atoms with Crippen LogP contribution >= 0.6 is 0 Å². The van der Waals surface area contributed by atoms with E-state index in [1.165, 1.54) is 11.3 Å². The molecule has 27 heavy (non-hydrogen) atoms. The number of amides is 2. The highest BCUT2D eigenvalue weighted by molar-refractivity contribution is 5.86. The molecule has 2 amide bonds. The molecule has 7 heteroatoms. The van der Waals surface area contributed by atoms with Crippen LogP contribution in [0.3, 0.4) is 0 Å².